The van der Waals surface area contributed by atoms with Crippen molar-refractivity contribution in [2.45, 2.75) is 78.2 Å². The smallest absolute Gasteiger partial charge is 0.412 e. The number of aryl methyl sites for hydroxylation is 1. The monoisotopic (exact) mass is 374 g/mol. The zero-order valence-electron chi connectivity index (χ0n) is 17.7. The van der Waals surface area contributed by atoms with Gasteiger partial charge >= 0.3 is 6.09 Å². The van der Waals surface area contributed by atoms with Crippen LogP contribution in [0, 0.1) is 5.92 Å². The molecule has 0 saturated carbocycles. The van der Waals surface area contributed by atoms with E-state index in [1.807, 2.05) is 39.0 Å². The number of amides is 1. The molecule has 0 spiro atoms. The molecule has 1 amide bonds. The molecule has 4 nitrogen and oxygen atoms in total. The maximum atomic E-state index is 12.1. The van der Waals surface area contributed by atoms with Gasteiger partial charge in [-0.1, -0.05) is 44.4 Å². The van der Waals surface area contributed by atoms with Crippen LogP contribution < -0.4 is 5.32 Å². The summed E-state index contributed by atoms with van der Waals surface area (Å²) in [5, 5.41) is 2.91. The number of rotatable bonds is 8. The predicted octanol–water partition coefficient (Wildman–Crippen LogP) is 5.87. The van der Waals surface area contributed by atoms with Crippen molar-refractivity contribution in [1.29, 1.82) is 0 Å². The van der Waals surface area contributed by atoms with Gasteiger partial charge in [0.25, 0.3) is 0 Å². The molecule has 2 rings (SSSR count). The van der Waals surface area contributed by atoms with E-state index in [9.17, 15) is 4.79 Å². The van der Waals surface area contributed by atoms with E-state index in [0.29, 0.717) is 0 Å². The van der Waals surface area contributed by atoms with Gasteiger partial charge < -0.3 is 9.64 Å². The number of piperidine rings is 1. The Hall–Kier alpha value is -1.55. The molecule has 1 aromatic carbocycles. The topological polar surface area (TPSA) is 41.6 Å². The lowest BCUT2D eigenvalue weighted by Gasteiger charge is -2.32. The van der Waals surface area contributed by atoms with Gasteiger partial charge in [0.1, 0.15) is 5.60 Å². The van der Waals surface area contributed by atoms with Gasteiger partial charge in [0.05, 0.1) is 0 Å². The molecule has 1 aliphatic rings. The molecule has 1 heterocycles. The Kier molecular flexibility index (Phi) is 8.62. The minimum atomic E-state index is -0.484. The zero-order valence-corrected chi connectivity index (χ0v) is 17.7. The Morgan fingerprint density at radius 1 is 1.19 bits per heavy atom. The number of hydrogen-bond donors (Lipinski definition) is 1. The number of ether oxygens (including phenoxy) is 1. The van der Waals surface area contributed by atoms with E-state index in [2.05, 4.69) is 23.2 Å². The first kappa shape index (κ1) is 21.7. The average Bonchev–Trinajstić information content (AvgIpc) is 2.61. The number of carbonyl (C=O) groups excluding carboxylic acids is 1. The van der Waals surface area contributed by atoms with E-state index in [-0.39, 0.29) is 6.09 Å². The minimum Gasteiger partial charge on any atom is -0.444 e. The number of nitrogens with zero attached hydrogens (tertiary/aromatic N) is 1. The van der Waals surface area contributed by atoms with Crippen molar-refractivity contribution in [3.8, 4) is 0 Å². The lowest BCUT2D eigenvalue weighted by molar-refractivity contribution is 0.0636. The number of likely N-dealkylation sites (tertiary alicyclic amines) is 1. The normalized spacial score (nSPS) is 16.3. The third kappa shape index (κ3) is 8.34. The fourth-order valence-corrected chi connectivity index (χ4v) is 3.76. The highest BCUT2D eigenvalue weighted by Gasteiger charge is 2.19. The maximum absolute atomic E-state index is 12.1. The third-order valence-electron chi connectivity index (χ3n) is 5.25. The summed E-state index contributed by atoms with van der Waals surface area (Å²) in [6.07, 6.45) is 8.53. The quantitative estimate of drug-likeness (QED) is 0.619. The molecule has 27 heavy (non-hydrogen) atoms. The van der Waals surface area contributed by atoms with Crippen LogP contribution in [0.2, 0.25) is 0 Å². The van der Waals surface area contributed by atoms with Crippen molar-refractivity contribution in [1.82, 2.24) is 4.90 Å². The number of carbonyl (C=O) groups is 1. The van der Waals surface area contributed by atoms with Crippen molar-refractivity contribution in [2.75, 3.05) is 25.0 Å². The summed E-state index contributed by atoms with van der Waals surface area (Å²) in [6, 6.07) is 8.05. The molecule has 1 aliphatic heterocycles. The SMILES string of the molecule is CCCCC1CCN(CCCc2ccccc2NC(=O)OC(C)(C)C)CC1. The summed E-state index contributed by atoms with van der Waals surface area (Å²) in [4.78, 5) is 14.7. The molecule has 0 bridgehead atoms. The molecule has 1 aromatic rings. The van der Waals surface area contributed by atoms with E-state index in [4.69, 9.17) is 4.74 Å². The maximum Gasteiger partial charge on any atom is 0.412 e. The summed E-state index contributed by atoms with van der Waals surface area (Å²) < 4.78 is 5.38. The molecule has 0 aliphatic carbocycles. The van der Waals surface area contributed by atoms with Crippen LogP contribution in [0.15, 0.2) is 24.3 Å². The van der Waals surface area contributed by atoms with Crippen molar-refractivity contribution < 1.29 is 9.53 Å². The highest BCUT2D eigenvalue weighted by Crippen LogP contribution is 2.23. The highest BCUT2D eigenvalue weighted by molar-refractivity contribution is 5.85. The lowest BCUT2D eigenvalue weighted by Crippen LogP contribution is -2.34. The number of para-hydroxylation sites is 1. The van der Waals surface area contributed by atoms with Gasteiger partial charge in [0.15, 0.2) is 0 Å². The Balaban J connectivity index is 1.76. The number of benzene rings is 1. The molecular weight excluding hydrogens is 336 g/mol. The van der Waals surface area contributed by atoms with Crippen LogP contribution in [0.4, 0.5) is 10.5 Å². The Morgan fingerprint density at radius 3 is 2.56 bits per heavy atom. The van der Waals surface area contributed by atoms with Crippen LogP contribution in [0.3, 0.4) is 0 Å². The van der Waals surface area contributed by atoms with Gasteiger partial charge in [-0.25, -0.2) is 4.79 Å². The number of hydrogen-bond acceptors (Lipinski definition) is 3. The van der Waals surface area contributed by atoms with E-state index in [1.165, 1.54) is 50.8 Å². The molecular formula is C23H38N2O2. The molecule has 0 radical (unpaired) electrons. The molecule has 4 heteroatoms. The summed E-state index contributed by atoms with van der Waals surface area (Å²) in [7, 11) is 0. The van der Waals surface area contributed by atoms with Gasteiger partial charge in [-0.15, -0.1) is 0 Å². The van der Waals surface area contributed by atoms with E-state index >= 15 is 0 Å². The second-order valence-corrected chi connectivity index (χ2v) is 8.81. The molecule has 1 saturated heterocycles. The van der Waals surface area contributed by atoms with Crippen LogP contribution in [-0.4, -0.2) is 36.2 Å². The van der Waals surface area contributed by atoms with Crippen molar-refractivity contribution in [3.63, 3.8) is 0 Å². The molecule has 1 N–H and O–H groups in total. The van der Waals surface area contributed by atoms with Gasteiger partial charge in [0.2, 0.25) is 0 Å². The highest BCUT2D eigenvalue weighted by atomic mass is 16.6. The summed E-state index contributed by atoms with van der Waals surface area (Å²) in [6.45, 7) is 11.5. The van der Waals surface area contributed by atoms with Crippen LogP contribution in [0.25, 0.3) is 0 Å². The first-order valence-electron chi connectivity index (χ1n) is 10.7. The Morgan fingerprint density at radius 2 is 1.89 bits per heavy atom. The number of nitrogens with one attached hydrogen (secondary N) is 1. The van der Waals surface area contributed by atoms with Crippen molar-refractivity contribution in [3.05, 3.63) is 29.8 Å². The largest absolute Gasteiger partial charge is 0.444 e. The molecule has 0 aromatic heterocycles. The van der Waals surface area contributed by atoms with Crippen molar-refractivity contribution >= 4 is 11.8 Å². The number of anilines is 1. The fourth-order valence-electron chi connectivity index (χ4n) is 3.76. The van der Waals surface area contributed by atoms with Crippen LogP contribution >= 0.6 is 0 Å². The van der Waals surface area contributed by atoms with E-state index < -0.39 is 5.60 Å². The first-order valence-corrected chi connectivity index (χ1v) is 10.7. The first-order chi connectivity index (χ1) is 12.9. The molecule has 1 fully saturated rings. The summed E-state index contributed by atoms with van der Waals surface area (Å²) in [5.74, 6) is 0.944. The van der Waals surface area contributed by atoms with Crippen molar-refractivity contribution in [2.24, 2.45) is 5.92 Å². The molecule has 152 valence electrons. The van der Waals surface area contributed by atoms with Gasteiger partial charge in [-0.05, 0) is 83.6 Å². The second kappa shape index (κ2) is 10.7. The fraction of sp³-hybridized carbons (Fsp3) is 0.696. The standard InChI is InChI=1S/C23H38N2O2/c1-5-6-10-19-14-17-25(18-15-19)16-9-12-20-11-7-8-13-21(20)24-22(26)27-23(2,3)4/h7-8,11,13,19H,5-6,9-10,12,14-18H2,1-4H3,(H,24,26). The minimum absolute atomic E-state index is 0.385. The van der Waals surface area contributed by atoms with E-state index in [0.717, 1.165) is 31.0 Å². The second-order valence-electron chi connectivity index (χ2n) is 8.81. The van der Waals surface area contributed by atoms with Crippen LogP contribution in [0.1, 0.15) is 71.8 Å². The van der Waals surface area contributed by atoms with Crippen LogP contribution in [0.5, 0.6) is 0 Å². The number of unbranched alkanes of at least 4 members (excludes halogenated alkanes) is 1. The average molecular weight is 375 g/mol. The van der Waals surface area contributed by atoms with Crippen LogP contribution in [-0.2, 0) is 11.2 Å². The molecule has 0 unspecified atom stereocenters. The summed E-state index contributed by atoms with van der Waals surface area (Å²) in [5.41, 5.74) is 1.56. The van der Waals surface area contributed by atoms with Gasteiger partial charge in [-0.3, -0.25) is 5.32 Å². The zero-order chi connectivity index (χ0) is 19.7. The Bertz CT molecular complexity index is 572. The lowest BCUT2D eigenvalue weighted by atomic mass is 9.91. The summed E-state index contributed by atoms with van der Waals surface area (Å²) >= 11 is 0. The predicted molar refractivity (Wildman–Crippen MR) is 113 cm³/mol. The third-order valence-corrected chi connectivity index (χ3v) is 5.25. The molecule has 0 atom stereocenters. The van der Waals surface area contributed by atoms with E-state index in [1.54, 1.807) is 0 Å². The van der Waals surface area contributed by atoms with Gasteiger partial charge in [0, 0.05) is 5.69 Å². The Labute approximate surface area is 165 Å². The van der Waals surface area contributed by atoms with Gasteiger partial charge in [-0.2, -0.15) is 0 Å².